The monoisotopic (exact) mass is 324 g/mol. The molecule has 0 saturated carbocycles. The van der Waals surface area contributed by atoms with Gasteiger partial charge in [0.15, 0.2) is 5.69 Å². The highest BCUT2D eigenvalue weighted by atomic mass is 35.5. The Labute approximate surface area is 132 Å². The van der Waals surface area contributed by atoms with E-state index in [0.717, 1.165) is 5.69 Å². The average molecular weight is 325 g/mol. The van der Waals surface area contributed by atoms with Gasteiger partial charge in [0.1, 0.15) is 0 Å². The molecule has 0 saturated heterocycles. The van der Waals surface area contributed by atoms with Gasteiger partial charge >= 0.3 is 0 Å². The molecule has 110 valence electrons. The fourth-order valence-electron chi connectivity index (χ4n) is 1.57. The van der Waals surface area contributed by atoms with Crippen LogP contribution in [0, 0.1) is 0 Å². The molecule has 0 aliphatic rings. The van der Waals surface area contributed by atoms with Crippen molar-refractivity contribution in [3.8, 4) is 0 Å². The molecule has 2 rings (SSSR count). The normalized spacial score (nSPS) is 11.3. The summed E-state index contributed by atoms with van der Waals surface area (Å²) >= 11 is 11.8. The summed E-state index contributed by atoms with van der Waals surface area (Å²) in [6.07, 6.45) is 1.45. The number of nitrogens with one attached hydrogen (secondary N) is 2. The summed E-state index contributed by atoms with van der Waals surface area (Å²) in [5.41, 5.74) is 4.24. The van der Waals surface area contributed by atoms with Crippen molar-refractivity contribution in [1.82, 2.24) is 15.6 Å². The van der Waals surface area contributed by atoms with Crippen molar-refractivity contribution in [2.75, 3.05) is 0 Å². The van der Waals surface area contributed by atoms with E-state index in [1.807, 2.05) is 13.8 Å². The van der Waals surface area contributed by atoms with Crippen LogP contribution in [0.5, 0.6) is 0 Å². The standard InChI is InChI=1S/C14H14Cl2N4O/c1-8(2)12-6-13(19-18-12)14(21)20-17-7-9-3-4-10(15)5-11(9)16/h3-8H,1-2H3,(H,18,19)(H,20,21). The Hall–Kier alpha value is -1.85. The fraction of sp³-hybridized carbons (Fsp3) is 0.214. The number of benzene rings is 1. The number of rotatable bonds is 4. The molecule has 7 heteroatoms. The smallest absolute Gasteiger partial charge is 0.282 e. The van der Waals surface area contributed by atoms with Gasteiger partial charge in [-0.05, 0) is 24.1 Å². The van der Waals surface area contributed by atoms with Crippen molar-refractivity contribution in [3.63, 3.8) is 0 Å². The van der Waals surface area contributed by atoms with E-state index in [-0.39, 0.29) is 17.5 Å². The molecule has 1 amide bonds. The fourth-order valence-corrected chi connectivity index (χ4v) is 2.03. The van der Waals surface area contributed by atoms with Crippen molar-refractivity contribution >= 4 is 35.3 Å². The molecule has 5 nitrogen and oxygen atoms in total. The molecule has 1 aromatic heterocycles. The van der Waals surface area contributed by atoms with Crippen LogP contribution in [0.1, 0.15) is 41.5 Å². The van der Waals surface area contributed by atoms with Gasteiger partial charge in [0, 0.05) is 16.3 Å². The van der Waals surface area contributed by atoms with Crippen LogP contribution in [-0.2, 0) is 0 Å². The minimum Gasteiger partial charge on any atom is -0.282 e. The van der Waals surface area contributed by atoms with E-state index in [0.29, 0.717) is 15.6 Å². The van der Waals surface area contributed by atoms with Crippen molar-refractivity contribution in [2.45, 2.75) is 19.8 Å². The van der Waals surface area contributed by atoms with Crippen LogP contribution in [0.2, 0.25) is 10.0 Å². The Morgan fingerprint density at radius 1 is 1.38 bits per heavy atom. The van der Waals surface area contributed by atoms with Gasteiger partial charge in [-0.25, -0.2) is 5.43 Å². The van der Waals surface area contributed by atoms with E-state index < -0.39 is 0 Å². The summed E-state index contributed by atoms with van der Waals surface area (Å²) < 4.78 is 0. The summed E-state index contributed by atoms with van der Waals surface area (Å²) in [5, 5.41) is 11.6. The molecule has 2 N–H and O–H groups in total. The van der Waals surface area contributed by atoms with Gasteiger partial charge in [-0.15, -0.1) is 0 Å². The van der Waals surface area contributed by atoms with E-state index in [1.165, 1.54) is 6.21 Å². The number of hydrazone groups is 1. The Morgan fingerprint density at radius 2 is 2.14 bits per heavy atom. The molecule has 0 radical (unpaired) electrons. The minimum absolute atomic E-state index is 0.274. The zero-order valence-electron chi connectivity index (χ0n) is 11.5. The number of carbonyl (C=O) groups is 1. The summed E-state index contributed by atoms with van der Waals surface area (Å²) in [7, 11) is 0. The zero-order chi connectivity index (χ0) is 15.4. The molecule has 0 unspecified atom stereocenters. The van der Waals surface area contributed by atoms with Gasteiger partial charge in [0.05, 0.1) is 11.2 Å². The topological polar surface area (TPSA) is 70.1 Å². The number of carbonyl (C=O) groups excluding carboxylic acids is 1. The SMILES string of the molecule is CC(C)c1cc(C(=O)NN=Cc2ccc(Cl)cc2Cl)n[nH]1. The Balaban J connectivity index is 2.01. The lowest BCUT2D eigenvalue weighted by Crippen LogP contribution is -2.18. The molecule has 0 fully saturated rings. The molecule has 0 spiro atoms. The van der Waals surface area contributed by atoms with Crippen LogP contribution in [0.3, 0.4) is 0 Å². The Kier molecular flexibility index (Phi) is 4.98. The highest BCUT2D eigenvalue weighted by Crippen LogP contribution is 2.19. The molecule has 21 heavy (non-hydrogen) atoms. The third-order valence-corrected chi connectivity index (χ3v) is 3.35. The van der Waals surface area contributed by atoms with E-state index in [1.54, 1.807) is 24.3 Å². The number of halogens is 2. The lowest BCUT2D eigenvalue weighted by molar-refractivity contribution is 0.0950. The first-order valence-corrected chi connectivity index (χ1v) is 7.06. The van der Waals surface area contributed by atoms with Crippen LogP contribution in [0.25, 0.3) is 0 Å². The third kappa shape index (κ3) is 4.06. The van der Waals surface area contributed by atoms with E-state index >= 15 is 0 Å². The maximum absolute atomic E-state index is 11.8. The van der Waals surface area contributed by atoms with Gasteiger partial charge in [0.2, 0.25) is 0 Å². The Morgan fingerprint density at radius 3 is 2.76 bits per heavy atom. The maximum Gasteiger partial charge on any atom is 0.291 e. The van der Waals surface area contributed by atoms with E-state index in [9.17, 15) is 4.79 Å². The van der Waals surface area contributed by atoms with E-state index in [2.05, 4.69) is 20.7 Å². The largest absolute Gasteiger partial charge is 0.291 e. The van der Waals surface area contributed by atoms with Crippen LogP contribution in [0.15, 0.2) is 29.4 Å². The second-order valence-electron chi connectivity index (χ2n) is 4.73. The Bertz CT molecular complexity index is 679. The predicted molar refractivity (Wildman–Crippen MR) is 84.2 cm³/mol. The lowest BCUT2D eigenvalue weighted by Gasteiger charge is -1.99. The van der Waals surface area contributed by atoms with Crippen molar-refractivity contribution in [1.29, 1.82) is 0 Å². The molecule has 1 aromatic carbocycles. The minimum atomic E-state index is -0.389. The molecule has 1 heterocycles. The number of amides is 1. The molecule has 0 aliphatic carbocycles. The summed E-state index contributed by atoms with van der Waals surface area (Å²) in [5.74, 6) is -0.116. The second-order valence-corrected chi connectivity index (χ2v) is 5.57. The highest BCUT2D eigenvalue weighted by molar-refractivity contribution is 6.36. The van der Waals surface area contributed by atoms with Gasteiger partial charge in [-0.3, -0.25) is 9.89 Å². The van der Waals surface area contributed by atoms with Gasteiger partial charge in [-0.1, -0.05) is 43.1 Å². The third-order valence-electron chi connectivity index (χ3n) is 2.78. The molecular weight excluding hydrogens is 311 g/mol. The van der Waals surface area contributed by atoms with Crippen molar-refractivity contribution in [3.05, 3.63) is 51.3 Å². The number of H-pyrrole nitrogens is 1. The summed E-state index contributed by atoms with van der Waals surface area (Å²) in [4.78, 5) is 11.8. The first kappa shape index (κ1) is 15.5. The van der Waals surface area contributed by atoms with Gasteiger partial charge < -0.3 is 0 Å². The van der Waals surface area contributed by atoms with Crippen molar-refractivity contribution < 1.29 is 4.79 Å². The molecule has 0 bridgehead atoms. The second kappa shape index (κ2) is 6.74. The number of nitrogens with zero attached hydrogens (tertiary/aromatic N) is 2. The number of hydrogen-bond donors (Lipinski definition) is 2. The lowest BCUT2D eigenvalue weighted by atomic mass is 10.1. The number of hydrogen-bond acceptors (Lipinski definition) is 3. The summed E-state index contributed by atoms with van der Waals surface area (Å²) in [6, 6.07) is 6.71. The van der Waals surface area contributed by atoms with E-state index in [4.69, 9.17) is 23.2 Å². The number of aromatic nitrogens is 2. The first-order valence-electron chi connectivity index (χ1n) is 6.31. The number of aromatic amines is 1. The average Bonchev–Trinajstić information content (AvgIpc) is 2.91. The molecule has 0 aliphatic heterocycles. The summed E-state index contributed by atoms with van der Waals surface area (Å²) in [6.45, 7) is 4.02. The first-order chi connectivity index (χ1) is 9.97. The zero-order valence-corrected chi connectivity index (χ0v) is 13.0. The molecule has 0 atom stereocenters. The highest BCUT2D eigenvalue weighted by Gasteiger charge is 2.11. The van der Waals surface area contributed by atoms with Crippen molar-refractivity contribution in [2.24, 2.45) is 5.10 Å². The van der Waals surface area contributed by atoms with Crippen LogP contribution >= 0.6 is 23.2 Å². The van der Waals surface area contributed by atoms with Crippen LogP contribution < -0.4 is 5.43 Å². The quantitative estimate of drug-likeness (QED) is 0.666. The van der Waals surface area contributed by atoms with Gasteiger partial charge in [0.25, 0.3) is 5.91 Å². The van der Waals surface area contributed by atoms with Crippen LogP contribution in [0.4, 0.5) is 0 Å². The molecular formula is C14H14Cl2N4O. The van der Waals surface area contributed by atoms with Gasteiger partial charge in [-0.2, -0.15) is 10.2 Å². The predicted octanol–water partition coefficient (Wildman–Crippen LogP) is 3.60. The van der Waals surface area contributed by atoms with Crippen LogP contribution in [-0.4, -0.2) is 22.3 Å². The maximum atomic E-state index is 11.8. The molecule has 2 aromatic rings.